The number of halogens is 2. The zero-order valence-corrected chi connectivity index (χ0v) is 12.3. The van der Waals surface area contributed by atoms with E-state index in [-0.39, 0.29) is 11.6 Å². The Morgan fingerprint density at radius 1 is 1.20 bits per heavy atom. The molecule has 3 aromatic rings. The number of aromatic amines is 1. The summed E-state index contributed by atoms with van der Waals surface area (Å²) in [7, 11) is 0. The third-order valence-electron chi connectivity index (χ3n) is 3.30. The van der Waals surface area contributed by atoms with Gasteiger partial charge in [0.05, 0.1) is 10.0 Å². The molecule has 0 aliphatic heterocycles. The average Bonchev–Trinajstić information content (AvgIpc) is 2.77. The second-order valence-electron chi connectivity index (χ2n) is 4.63. The second kappa shape index (κ2) is 4.87. The van der Waals surface area contributed by atoms with Crippen LogP contribution in [0.2, 0.25) is 0 Å². The van der Waals surface area contributed by atoms with Gasteiger partial charge in [-0.1, -0.05) is 18.2 Å². The number of aryl methyl sites for hydroxylation is 1. The normalized spacial score (nSPS) is 10.9. The van der Waals surface area contributed by atoms with Crippen molar-refractivity contribution in [2.45, 2.75) is 6.92 Å². The Morgan fingerprint density at radius 3 is 2.70 bits per heavy atom. The van der Waals surface area contributed by atoms with Gasteiger partial charge in [0.25, 0.3) is 0 Å². The van der Waals surface area contributed by atoms with Crippen LogP contribution in [0.5, 0.6) is 0 Å². The fourth-order valence-electron chi connectivity index (χ4n) is 2.35. The van der Waals surface area contributed by atoms with E-state index in [1.807, 2.05) is 31.2 Å². The average molecular weight is 332 g/mol. The van der Waals surface area contributed by atoms with Gasteiger partial charge in [0.2, 0.25) is 0 Å². The minimum Gasteiger partial charge on any atom is -0.358 e. The van der Waals surface area contributed by atoms with Gasteiger partial charge in [0.1, 0.15) is 5.82 Å². The number of ketones is 1. The van der Waals surface area contributed by atoms with Crippen LogP contribution >= 0.6 is 15.9 Å². The molecule has 0 atom stereocenters. The number of para-hydroxylation sites is 1. The van der Waals surface area contributed by atoms with Crippen molar-refractivity contribution in [3.05, 3.63) is 69.6 Å². The van der Waals surface area contributed by atoms with Crippen LogP contribution in [-0.4, -0.2) is 10.8 Å². The molecule has 1 heterocycles. The molecule has 2 aromatic carbocycles. The zero-order valence-electron chi connectivity index (χ0n) is 10.7. The van der Waals surface area contributed by atoms with Gasteiger partial charge >= 0.3 is 0 Å². The number of rotatable bonds is 2. The molecule has 20 heavy (non-hydrogen) atoms. The van der Waals surface area contributed by atoms with Crippen molar-refractivity contribution in [2.24, 2.45) is 0 Å². The number of H-pyrrole nitrogens is 1. The first kappa shape index (κ1) is 13.1. The molecule has 0 saturated carbocycles. The van der Waals surface area contributed by atoms with Crippen molar-refractivity contribution >= 4 is 32.6 Å². The van der Waals surface area contributed by atoms with Crippen molar-refractivity contribution in [2.75, 3.05) is 0 Å². The van der Waals surface area contributed by atoms with E-state index in [1.54, 1.807) is 0 Å². The van der Waals surface area contributed by atoms with Gasteiger partial charge < -0.3 is 4.98 Å². The van der Waals surface area contributed by atoms with Crippen LogP contribution in [0.1, 0.15) is 21.6 Å². The first-order valence-corrected chi connectivity index (χ1v) is 6.94. The maximum absolute atomic E-state index is 13.3. The highest BCUT2D eigenvalue weighted by Crippen LogP contribution is 2.26. The maximum atomic E-state index is 13.3. The van der Waals surface area contributed by atoms with Crippen LogP contribution in [0.3, 0.4) is 0 Å². The molecule has 0 aliphatic rings. The third kappa shape index (κ3) is 2.06. The number of hydrogen-bond acceptors (Lipinski definition) is 1. The lowest BCUT2D eigenvalue weighted by molar-refractivity contribution is 0.103. The van der Waals surface area contributed by atoms with E-state index in [9.17, 15) is 9.18 Å². The molecule has 1 aromatic heterocycles. The number of aromatic nitrogens is 1. The lowest BCUT2D eigenvalue weighted by Gasteiger charge is -2.03. The highest BCUT2D eigenvalue weighted by Gasteiger charge is 2.18. The first-order valence-electron chi connectivity index (χ1n) is 6.15. The Bertz CT molecular complexity index is 822. The quantitative estimate of drug-likeness (QED) is 0.683. The maximum Gasteiger partial charge on any atom is 0.195 e. The molecule has 2 nitrogen and oxygen atoms in total. The van der Waals surface area contributed by atoms with E-state index < -0.39 is 0 Å². The summed E-state index contributed by atoms with van der Waals surface area (Å²) in [5.74, 6) is -0.488. The molecule has 0 amide bonds. The van der Waals surface area contributed by atoms with Crippen LogP contribution in [0.25, 0.3) is 10.9 Å². The van der Waals surface area contributed by atoms with Gasteiger partial charge in [-0.05, 0) is 47.1 Å². The Morgan fingerprint density at radius 2 is 1.95 bits per heavy atom. The topological polar surface area (TPSA) is 32.9 Å². The largest absolute Gasteiger partial charge is 0.358 e. The van der Waals surface area contributed by atoms with Gasteiger partial charge in [-0.3, -0.25) is 4.79 Å². The lowest BCUT2D eigenvalue weighted by Crippen LogP contribution is -2.03. The Hall–Kier alpha value is -1.94. The summed E-state index contributed by atoms with van der Waals surface area (Å²) < 4.78 is 13.6. The van der Waals surface area contributed by atoms with Crippen molar-refractivity contribution < 1.29 is 9.18 Å². The van der Waals surface area contributed by atoms with Crippen LogP contribution < -0.4 is 0 Å². The van der Waals surface area contributed by atoms with E-state index in [2.05, 4.69) is 20.9 Å². The molecule has 4 heteroatoms. The van der Waals surface area contributed by atoms with Crippen LogP contribution in [0.4, 0.5) is 4.39 Å². The van der Waals surface area contributed by atoms with Gasteiger partial charge in [-0.2, -0.15) is 0 Å². The summed E-state index contributed by atoms with van der Waals surface area (Å²) in [6.07, 6.45) is 0. The van der Waals surface area contributed by atoms with Crippen LogP contribution in [0.15, 0.2) is 46.9 Å². The second-order valence-corrected chi connectivity index (χ2v) is 5.48. The summed E-state index contributed by atoms with van der Waals surface area (Å²) >= 11 is 3.11. The monoisotopic (exact) mass is 331 g/mol. The zero-order chi connectivity index (χ0) is 14.3. The fraction of sp³-hybridized carbons (Fsp3) is 0.0625. The number of nitrogens with one attached hydrogen (secondary N) is 1. The molecule has 0 saturated heterocycles. The van der Waals surface area contributed by atoms with Crippen molar-refractivity contribution in [1.82, 2.24) is 4.98 Å². The fourth-order valence-corrected chi connectivity index (χ4v) is 2.73. The molecule has 0 bridgehead atoms. The smallest absolute Gasteiger partial charge is 0.195 e. The molecule has 3 rings (SSSR count). The number of carbonyl (C=O) groups is 1. The molecule has 0 unspecified atom stereocenters. The minimum atomic E-state index is -0.378. The van der Waals surface area contributed by atoms with Gasteiger partial charge in [-0.15, -0.1) is 0 Å². The number of carbonyl (C=O) groups excluding carboxylic acids is 1. The van der Waals surface area contributed by atoms with E-state index in [4.69, 9.17) is 0 Å². The van der Waals surface area contributed by atoms with Gasteiger partial charge in [0.15, 0.2) is 5.78 Å². The highest BCUT2D eigenvalue weighted by molar-refractivity contribution is 9.10. The predicted octanol–water partition coefficient (Wildman–Crippen LogP) is 4.61. The summed E-state index contributed by atoms with van der Waals surface area (Å²) in [5, 5.41) is 0.885. The number of fused-ring (bicyclic) bond motifs is 1. The van der Waals surface area contributed by atoms with Crippen molar-refractivity contribution in [1.29, 1.82) is 0 Å². The van der Waals surface area contributed by atoms with Gasteiger partial charge in [-0.25, -0.2) is 4.39 Å². The summed E-state index contributed by atoms with van der Waals surface area (Å²) in [6, 6.07) is 12.0. The summed E-state index contributed by atoms with van der Waals surface area (Å²) in [6.45, 7) is 1.87. The van der Waals surface area contributed by atoms with Crippen LogP contribution in [-0.2, 0) is 0 Å². The van der Waals surface area contributed by atoms with E-state index in [0.29, 0.717) is 15.6 Å². The summed E-state index contributed by atoms with van der Waals surface area (Å²) in [4.78, 5) is 15.8. The van der Waals surface area contributed by atoms with E-state index in [1.165, 1.54) is 18.2 Å². The first-order chi connectivity index (χ1) is 9.58. The molecule has 1 N–H and O–H groups in total. The van der Waals surface area contributed by atoms with Crippen molar-refractivity contribution in [3.8, 4) is 0 Å². The Kier molecular flexibility index (Phi) is 3.18. The molecular formula is C16H11BrFNO. The minimum absolute atomic E-state index is 0.111. The summed E-state index contributed by atoms with van der Waals surface area (Å²) in [5.41, 5.74) is 2.84. The third-order valence-corrected chi connectivity index (χ3v) is 3.91. The highest BCUT2D eigenvalue weighted by atomic mass is 79.9. The molecule has 100 valence electrons. The lowest BCUT2D eigenvalue weighted by atomic mass is 10.0. The Labute approximate surface area is 123 Å². The van der Waals surface area contributed by atoms with E-state index in [0.717, 1.165) is 16.6 Å². The SMILES string of the molecule is Cc1[nH]c2ccccc2c1C(=O)c1ccc(F)c(Br)c1. The Balaban J connectivity index is 2.17. The molecule has 0 spiro atoms. The molecule has 0 aliphatic carbocycles. The molecular weight excluding hydrogens is 321 g/mol. The van der Waals surface area contributed by atoms with Crippen LogP contribution in [0, 0.1) is 12.7 Å². The van der Waals surface area contributed by atoms with Crippen molar-refractivity contribution in [3.63, 3.8) is 0 Å². The molecule has 0 radical (unpaired) electrons. The number of benzene rings is 2. The van der Waals surface area contributed by atoms with Gasteiger partial charge in [0, 0.05) is 22.2 Å². The van der Waals surface area contributed by atoms with E-state index >= 15 is 0 Å². The molecule has 0 fully saturated rings. The number of hydrogen-bond donors (Lipinski definition) is 1. The predicted molar refractivity (Wildman–Crippen MR) is 80.6 cm³/mol. The standard InChI is InChI=1S/C16H11BrFNO/c1-9-15(11-4-2-3-5-14(11)19-9)16(20)10-6-7-13(18)12(17)8-10/h2-8,19H,1H3.